The fraction of sp³-hybridized carbons (Fsp3) is 0.444. The van der Waals surface area contributed by atoms with Crippen molar-refractivity contribution < 1.29 is 13.9 Å². The zero-order valence-electron chi connectivity index (χ0n) is 22.4. The van der Waals surface area contributed by atoms with Crippen molar-refractivity contribution in [2.24, 2.45) is 0 Å². The van der Waals surface area contributed by atoms with E-state index in [9.17, 15) is 14.4 Å². The van der Waals surface area contributed by atoms with Crippen LogP contribution >= 0.6 is 11.3 Å². The zero-order chi connectivity index (χ0) is 27.8. The number of rotatable bonds is 7. The number of aromatic nitrogens is 4. The topological polar surface area (TPSA) is 115 Å². The second-order valence-electron chi connectivity index (χ2n) is 10.0. The maximum absolute atomic E-state index is 13.6. The van der Waals surface area contributed by atoms with E-state index in [4.69, 9.17) is 19.8 Å². The van der Waals surface area contributed by atoms with Gasteiger partial charge in [0.1, 0.15) is 28.7 Å². The first-order valence-electron chi connectivity index (χ1n) is 13.4. The first-order chi connectivity index (χ1) is 19.4. The Balaban J connectivity index is 1.25. The lowest BCUT2D eigenvalue weighted by molar-refractivity contribution is 0.106. The van der Waals surface area contributed by atoms with Crippen LogP contribution in [0.5, 0.6) is 0 Å². The number of hydrogen-bond donors (Lipinski definition) is 1. The predicted octanol–water partition coefficient (Wildman–Crippen LogP) is 3.65. The van der Waals surface area contributed by atoms with Crippen LogP contribution in [0.15, 0.2) is 30.1 Å². The monoisotopic (exact) mass is 563 g/mol. The molecular weight excluding hydrogens is 533 g/mol. The molecular formula is C27H30FN9O2S. The van der Waals surface area contributed by atoms with E-state index in [1.54, 1.807) is 6.08 Å². The van der Waals surface area contributed by atoms with Crippen molar-refractivity contribution in [3.8, 4) is 6.07 Å². The molecule has 0 bridgehead atoms. The van der Waals surface area contributed by atoms with Gasteiger partial charge in [-0.05, 0) is 36.6 Å². The van der Waals surface area contributed by atoms with Crippen LogP contribution in [0.2, 0.25) is 0 Å². The number of cyclic esters (lactones) is 1. The van der Waals surface area contributed by atoms with Gasteiger partial charge >= 0.3 is 6.09 Å². The number of amides is 1. The maximum atomic E-state index is 13.6. The molecule has 5 heterocycles. The number of nitrogens with one attached hydrogen (secondary N) is 1. The number of alkyl carbamates (subject to hydrolysis) is 1. The molecule has 3 aliphatic rings. The molecule has 6 rings (SSSR count). The number of nitriles is 1. The minimum Gasteiger partial charge on any atom is -0.443 e. The number of nitrogens with zero attached hydrogens (tertiary/aromatic N) is 8. The third kappa shape index (κ3) is 5.00. The third-order valence-electron chi connectivity index (χ3n) is 7.47. The maximum Gasteiger partial charge on any atom is 0.407 e. The van der Waals surface area contributed by atoms with Gasteiger partial charge in [0.15, 0.2) is 16.6 Å². The highest BCUT2D eigenvalue weighted by molar-refractivity contribution is 7.16. The van der Waals surface area contributed by atoms with Crippen molar-refractivity contribution in [3.63, 3.8) is 0 Å². The number of halogens is 1. The number of imidazole rings is 1. The molecule has 0 saturated carbocycles. The molecule has 3 aromatic rings. The smallest absolute Gasteiger partial charge is 0.407 e. The van der Waals surface area contributed by atoms with E-state index in [-0.39, 0.29) is 18.0 Å². The lowest BCUT2D eigenvalue weighted by atomic mass is 10.0. The first kappa shape index (κ1) is 26.2. The minimum atomic E-state index is -0.342. The number of allylic oxidation sites excluding steroid dienone is 4. The summed E-state index contributed by atoms with van der Waals surface area (Å²) in [4.78, 5) is 28.0. The summed E-state index contributed by atoms with van der Waals surface area (Å²) in [6, 6.07) is 6.25. The summed E-state index contributed by atoms with van der Waals surface area (Å²) in [6.45, 7) is 6.63. The molecule has 2 fully saturated rings. The van der Waals surface area contributed by atoms with Gasteiger partial charge in [0.25, 0.3) is 0 Å². The Bertz CT molecular complexity index is 1550. The van der Waals surface area contributed by atoms with Crippen LogP contribution in [0.1, 0.15) is 36.0 Å². The molecule has 0 spiro atoms. The van der Waals surface area contributed by atoms with Gasteiger partial charge in [-0.25, -0.2) is 19.2 Å². The first-order valence-corrected chi connectivity index (χ1v) is 14.3. The van der Waals surface area contributed by atoms with Gasteiger partial charge in [-0.2, -0.15) is 9.78 Å². The fourth-order valence-corrected chi connectivity index (χ4v) is 6.19. The zero-order valence-corrected chi connectivity index (χ0v) is 23.2. The average molecular weight is 564 g/mol. The van der Waals surface area contributed by atoms with Crippen molar-refractivity contribution in [2.75, 3.05) is 56.1 Å². The van der Waals surface area contributed by atoms with E-state index in [2.05, 4.69) is 28.1 Å². The predicted molar refractivity (Wildman–Crippen MR) is 151 cm³/mol. The molecule has 13 heteroatoms. The molecule has 40 heavy (non-hydrogen) atoms. The van der Waals surface area contributed by atoms with Gasteiger partial charge < -0.3 is 19.9 Å². The van der Waals surface area contributed by atoms with Crippen molar-refractivity contribution in [3.05, 3.63) is 46.4 Å². The quantitative estimate of drug-likeness (QED) is 0.460. The molecule has 208 valence electrons. The number of fused-ring (bicyclic) bond motifs is 1. The van der Waals surface area contributed by atoms with E-state index in [0.717, 1.165) is 61.3 Å². The Morgan fingerprint density at radius 1 is 1.23 bits per heavy atom. The van der Waals surface area contributed by atoms with Crippen LogP contribution in [0.3, 0.4) is 0 Å². The normalized spacial score (nSPS) is 19.7. The Morgan fingerprint density at radius 2 is 2.05 bits per heavy atom. The Kier molecular flexibility index (Phi) is 7.12. The number of carbonyl (C=O) groups excluding carboxylic acids is 1. The average Bonchev–Trinajstić information content (AvgIpc) is 3.69. The largest absolute Gasteiger partial charge is 0.443 e. The van der Waals surface area contributed by atoms with E-state index < -0.39 is 0 Å². The molecule has 1 amide bonds. The van der Waals surface area contributed by atoms with Gasteiger partial charge in [0.2, 0.25) is 0 Å². The number of thiazole rings is 1. The molecule has 2 aliphatic heterocycles. The number of carbonyl (C=O) groups is 1. The van der Waals surface area contributed by atoms with Gasteiger partial charge in [0.05, 0.1) is 17.9 Å². The van der Waals surface area contributed by atoms with Crippen LogP contribution in [-0.4, -0.2) is 83.0 Å². The highest BCUT2D eigenvalue weighted by Crippen LogP contribution is 2.37. The standard InChI is InChI=1S/C27H30FN9O2S/c1-3-20-25(34(2)26-32-24(21(14-29)40-26)17-4-6-18(28)7-5-17)37-22(31-20)8-9-23(33-37)36-12-10-35(11-13-36)16-19-15-30-27(38)39-19/h4,6,8-9,19H,3,5,7,10-13,15-16H2,1-2H3,(H,30,38). The summed E-state index contributed by atoms with van der Waals surface area (Å²) in [5.41, 5.74) is 3.10. The van der Waals surface area contributed by atoms with E-state index in [1.807, 2.05) is 28.6 Å². The Morgan fingerprint density at radius 3 is 2.73 bits per heavy atom. The van der Waals surface area contributed by atoms with Gasteiger partial charge in [-0.1, -0.05) is 24.3 Å². The highest BCUT2D eigenvalue weighted by Gasteiger charge is 2.28. The van der Waals surface area contributed by atoms with Crippen molar-refractivity contribution in [1.82, 2.24) is 29.8 Å². The molecule has 0 aromatic carbocycles. The van der Waals surface area contributed by atoms with Gasteiger partial charge in [-0.3, -0.25) is 4.90 Å². The Hall–Kier alpha value is -4.02. The number of ether oxygens (including phenoxy) is 1. The number of hydrogen-bond acceptors (Lipinski definition) is 10. The summed E-state index contributed by atoms with van der Waals surface area (Å²) < 4.78 is 20.7. The fourth-order valence-electron chi connectivity index (χ4n) is 5.33. The SMILES string of the molecule is CCc1nc2ccc(N3CCN(CC4CNC(=O)O4)CC3)nn2c1N(C)c1nc(C2=CC=C(F)CC2)c(C#N)s1. The Labute approximate surface area is 235 Å². The molecule has 1 aliphatic carbocycles. The van der Waals surface area contributed by atoms with Crippen molar-refractivity contribution in [1.29, 1.82) is 5.26 Å². The second kappa shape index (κ2) is 10.9. The summed E-state index contributed by atoms with van der Waals surface area (Å²) >= 11 is 1.31. The summed E-state index contributed by atoms with van der Waals surface area (Å²) in [6.07, 6.45) is 4.26. The van der Waals surface area contributed by atoms with Crippen molar-refractivity contribution >= 4 is 45.4 Å². The molecule has 0 radical (unpaired) electrons. The molecule has 1 atom stereocenters. The molecule has 1 unspecified atom stereocenters. The van der Waals surface area contributed by atoms with E-state index >= 15 is 0 Å². The summed E-state index contributed by atoms with van der Waals surface area (Å²) in [7, 11) is 1.92. The molecule has 11 nitrogen and oxygen atoms in total. The lowest BCUT2D eigenvalue weighted by Crippen LogP contribution is -2.49. The van der Waals surface area contributed by atoms with Crippen LogP contribution < -0.4 is 15.1 Å². The summed E-state index contributed by atoms with van der Waals surface area (Å²) in [5, 5.41) is 18.2. The lowest BCUT2D eigenvalue weighted by Gasteiger charge is -2.36. The van der Waals surface area contributed by atoms with Crippen LogP contribution in [-0.2, 0) is 11.2 Å². The minimum absolute atomic E-state index is 0.106. The number of anilines is 3. The summed E-state index contributed by atoms with van der Waals surface area (Å²) in [5.74, 6) is 1.50. The van der Waals surface area contributed by atoms with Crippen LogP contribution in [0.25, 0.3) is 11.2 Å². The van der Waals surface area contributed by atoms with Gasteiger partial charge in [-0.15, -0.1) is 5.10 Å². The van der Waals surface area contributed by atoms with Crippen LogP contribution in [0, 0.1) is 11.3 Å². The number of aryl methyl sites for hydroxylation is 1. The highest BCUT2D eigenvalue weighted by atomic mass is 32.1. The second-order valence-corrected chi connectivity index (χ2v) is 11.0. The van der Waals surface area contributed by atoms with E-state index in [1.165, 1.54) is 17.4 Å². The third-order valence-corrected chi connectivity index (χ3v) is 8.51. The van der Waals surface area contributed by atoms with Crippen molar-refractivity contribution in [2.45, 2.75) is 32.3 Å². The van der Waals surface area contributed by atoms with E-state index in [0.29, 0.717) is 41.5 Å². The number of piperazine rings is 1. The van der Waals surface area contributed by atoms with Crippen LogP contribution in [0.4, 0.5) is 26.0 Å². The molecule has 2 saturated heterocycles. The van der Waals surface area contributed by atoms with Gasteiger partial charge in [0, 0.05) is 46.2 Å². The molecule has 1 N–H and O–H groups in total. The molecule has 3 aromatic heterocycles.